The Labute approximate surface area is 151 Å². The molecular weight excluding hydrogens is 330 g/mol. The third kappa shape index (κ3) is 3.10. The van der Waals surface area contributed by atoms with E-state index in [1.165, 1.54) is 0 Å². The summed E-state index contributed by atoms with van der Waals surface area (Å²) in [7, 11) is 0. The minimum Gasteiger partial charge on any atom is -0.480 e. The monoisotopic (exact) mass is 351 g/mol. The summed E-state index contributed by atoms with van der Waals surface area (Å²) in [6.45, 7) is 1.87. The number of hydrogen-bond acceptors (Lipinski definition) is 4. The van der Waals surface area contributed by atoms with Crippen molar-refractivity contribution in [1.29, 1.82) is 0 Å². The van der Waals surface area contributed by atoms with Gasteiger partial charge in [0, 0.05) is 25.1 Å². The zero-order valence-electron chi connectivity index (χ0n) is 14.4. The van der Waals surface area contributed by atoms with Crippen molar-refractivity contribution in [2.75, 3.05) is 23.3 Å². The van der Waals surface area contributed by atoms with E-state index in [1.807, 2.05) is 30.3 Å². The summed E-state index contributed by atoms with van der Waals surface area (Å²) in [6, 6.07) is 12.9. The lowest BCUT2D eigenvalue weighted by atomic mass is 10.1. The van der Waals surface area contributed by atoms with E-state index in [1.54, 1.807) is 12.1 Å². The number of ether oxygens (including phenoxy) is 1. The van der Waals surface area contributed by atoms with E-state index in [2.05, 4.69) is 10.2 Å². The van der Waals surface area contributed by atoms with Crippen molar-refractivity contribution >= 4 is 23.2 Å². The molecule has 4 rings (SSSR count). The number of hydrogen-bond donors (Lipinski definition) is 2. The van der Waals surface area contributed by atoms with Gasteiger partial charge in [-0.05, 0) is 42.7 Å². The van der Waals surface area contributed by atoms with Gasteiger partial charge in [-0.2, -0.15) is 0 Å². The first kappa shape index (κ1) is 16.4. The highest BCUT2D eigenvalue weighted by molar-refractivity contribution is 6.01. The van der Waals surface area contributed by atoms with Gasteiger partial charge in [0.15, 0.2) is 6.10 Å². The second kappa shape index (κ2) is 6.71. The average Bonchev–Trinajstić information content (AvgIpc) is 3.31. The summed E-state index contributed by atoms with van der Waals surface area (Å²) in [5.74, 6) is 0.0135. The van der Waals surface area contributed by atoms with Gasteiger partial charge in [0.1, 0.15) is 5.75 Å². The molecule has 1 saturated heterocycles. The van der Waals surface area contributed by atoms with Crippen LogP contribution >= 0.6 is 0 Å². The summed E-state index contributed by atoms with van der Waals surface area (Å²) in [6.07, 6.45) is 2.20. The third-order valence-corrected chi connectivity index (χ3v) is 4.93. The van der Waals surface area contributed by atoms with Gasteiger partial charge in [0.2, 0.25) is 5.91 Å². The molecule has 2 aliphatic heterocycles. The van der Waals surface area contributed by atoms with Crippen molar-refractivity contribution in [3.8, 4) is 5.75 Å². The molecule has 26 heavy (non-hydrogen) atoms. The number of carbonyl (C=O) groups excluding carboxylic acids is 2. The number of para-hydroxylation sites is 1. The molecule has 0 radical (unpaired) electrons. The van der Waals surface area contributed by atoms with Crippen LogP contribution in [0.25, 0.3) is 0 Å². The molecule has 2 aliphatic rings. The molecule has 6 nitrogen and oxygen atoms in total. The van der Waals surface area contributed by atoms with E-state index in [0.717, 1.165) is 42.9 Å². The van der Waals surface area contributed by atoms with Crippen LogP contribution in [0.1, 0.15) is 28.8 Å². The van der Waals surface area contributed by atoms with Gasteiger partial charge in [0.25, 0.3) is 5.91 Å². The van der Waals surface area contributed by atoms with Crippen molar-refractivity contribution in [1.82, 2.24) is 0 Å². The molecule has 0 aromatic heterocycles. The Morgan fingerprint density at radius 1 is 1.12 bits per heavy atom. The first-order valence-electron chi connectivity index (χ1n) is 8.86. The molecule has 1 atom stereocenters. The number of rotatable bonds is 4. The molecule has 1 fully saturated rings. The first-order valence-corrected chi connectivity index (χ1v) is 8.86. The molecule has 0 saturated carbocycles. The summed E-state index contributed by atoms with van der Waals surface area (Å²) in [4.78, 5) is 26.5. The predicted molar refractivity (Wildman–Crippen MR) is 99.6 cm³/mol. The first-order chi connectivity index (χ1) is 12.6. The van der Waals surface area contributed by atoms with Crippen molar-refractivity contribution < 1.29 is 14.3 Å². The average molecular weight is 351 g/mol. The molecule has 0 bridgehead atoms. The minimum absolute atomic E-state index is 0.219. The molecule has 0 aliphatic carbocycles. The highest BCUT2D eigenvalue weighted by Crippen LogP contribution is 2.32. The molecule has 2 aromatic rings. The highest BCUT2D eigenvalue weighted by atomic mass is 16.5. The second-order valence-electron chi connectivity index (χ2n) is 6.70. The predicted octanol–water partition coefficient (Wildman–Crippen LogP) is 2.33. The minimum atomic E-state index is -0.573. The number of nitrogens with two attached hydrogens (primary N) is 1. The van der Waals surface area contributed by atoms with Crippen LogP contribution in [0.2, 0.25) is 0 Å². The Morgan fingerprint density at radius 3 is 2.62 bits per heavy atom. The van der Waals surface area contributed by atoms with Gasteiger partial charge in [-0.15, -0.1) is 0 Å². The molecule has 0 spiro atoms. The van der Waals surface area contributed by atoms with Crippen LogP contribution in [-0.4, -0.2) is 31.0 Å². The van der Waals surface area contributed by atoms with Gasteiger partial charge in [-0.1, -0.05) is 18.2 Å². The lowest BCUT2D eigenvalue weighted by Crippen LogP contribution is -2.32. The number of amides is 2. The van der Waals surface area contributed by atoms with Crippen molar-refractivity contribution in [3.63, 3.8) is 0 Å². The third-order valence-electron chi connectivity index (χ3n) is 4.93. The fourth-order valence-electron chi connectivity index (χ4n) is 3.56. The molecule has 2 aromatic carbocycles. The lowest BCUT2D eigenvalue weighted by molar-refractivity contribution is -0.122. The van der Waals surface area contributed by atoms with E-state index in [-0.39, 0.29) is 5.91 Å². The number of anilines is 2. The van der Waals surface area contributed by atoms with E-state index >= 15 is 0 Å². The van der Waals surface area contributed by atoms with Gasteiger partial charge >= 0.3 is 0 Å². The number of benzene rings is 2. The molecule has 3 N–H and O–H groups in total. The number of fused-ring (bicyclic) bond motifs is 1. The topological polar surface area (TPSA) is 84.7 Å². The SMILES string of the molecule is NC(=O)c1ccc(N2CCCC2)c(NC(=O)[C@H]2Cc3ccccc3O2)c1. The molecule has 2 amide bonds. The van der Waals surface area contributed by atoms with Gasteiger partial charge in [0.05, 0.1) is 11.4 Å². The molecule has 0 unspecified atom stereocenters. The maximum absolute atomic E-state index is 12.8. The Bertz CT molecular complexity index is 834. The smallest absolute Gasteiger partial charge is 0.265 e. The Balaban J connectivity index is 1.57. The highest BCUT2D eigenvalue weighted by Gasteiger charge is 2.29. The van der Waals surface area contributed by atoms with Crippen molar-refractivity contribution in [2.24, 2.45) is 5.73 Å². The van der Waals surface area contributed by atoms with Crippen LogP contribution in [0.15, 0.2) is 42.5 Å². The maximum Gasteiger partial charge on any atom is 0.265 e. The normalized spacial score (nSPS) is 18.3. The fraction of sp³-hybridized carbons (Fsp3) is 0.300. The summed E-state index contributed by atoms with van der Waals surface area (Å²) < 4.78 is 5.77. The van der Waals surface area contributed by atoms with Crippen LogP contribution in [-0.2, 0) is 11.2 Å². The number of primary amides is 1. The van der Waals surface area contributed by atoms with Crippen molar-refractivity contribution in [3.05, 3.63) is 53.6 Å². The standard InChI is InChI=1S/C20H21N3O3/c21-19(24)14-7-8-16(23-9-3-4-10-23)15(11-14)22-20(25)18-12-13-5-1-2-6-17(13)26-18/h1-2,5-8,11,18H,3-4,9-10,12H2,(H2,21,24)(H,22,25)/t18-/m1/s1. The Hall–Kier alpha value is -3.02. The van der Waals surface area contributed by atoms with Crippen molar-refractivity contribution in [2.45, 2.75) is 25.4 Å². The zero-order valence-corrected chi connectivity index (χ0v) is 14.4. The van der Waals surface area contributed by atoms with E-state index in [9.17, 15) is 9.59 Å². The number of carbonyl (C=O) groups is 2. The Kier molecular flexibility index (Phi) is 4.24. The van der Waals surface area contributed by atoms with E-state index in [4.69, 9.17) is 10.5 Å². The van der Waals surface area contributed by atoms with Crippen LogP contribution in [0.3, 0.4) is 0 Å². The second-order valence-corrected chi connectivity index (χ2v) is 6.70. The summed E-state index contributed by atoms with van der Waals surface area (Å²) >= 11 is 0. The van der Waals surface area contributed by atoms with Crippen LogP contribution in [0.4, 0.5) is 11.4 Å². The number of nitrogens with one attached hydrogen (secondary N) is 1. The molecule has 134 valence electrons. The quantitative estimate of drug-likeness (QED) is 0.885. The molecule has 2 heterocycles. The summed E-state index contributed by atoms with van der Waals surface area (Å²) in [5.41, 5.74) is 8.32. The molecular formula is C20H21N3O3. The zero-order chi connectivity index (χ0) is 18.1. The van der Waals surface area contributed by atoms with E-state index < -0.39 is 12.0 Å². The van der Waals surface area contributed by atoms with Crippen LogP contribution < -0.4 is 20.7 Å². The fourth-order valence-corrected chi connectivity index (χ4v) is 3.56. The Morgan fingerprint density at radius 2 is 1.88 bits per heavy atom. The number of nitrogens with zero attached hydrogens (tertiary/aromatic N) is 1. The summed E-state index contributed by atoms with van der Waals surface area (Å²) in [5, 5.41) is 2.95. The van der Waals surface area contributed by atoms with Crippen LogP contribution in [0, 0.1) is 0 Å². The molecule has 6 heteroatoms. The van der Waals surface area contributed by atoms with Gasteiger partial charge in [-0.25, -0.2) is 0 Å². The largest absolute Gasteiger partial charge is 0.480 e. The lowest BCUT2D eigenvalue weighted by Gasteiger charge is -2.23. The van der Waals surface area contributed by atoms with Gasteiger partial charge < -0.3 is 20.7 Å². The van der Waals surface area contributed by atoms with Crippen LogP contribution in [0.5, 0.6) is 5.75 Å². The van der Waals surface area contributed by atoms with E-state index in [0.29, 0.717) is 17.7 Å². The van der Waals surface area contributed by atoms with Gasteiger partial charge in [-0.3, -0.25) is 9.59 Å². The maximum atomic E-state index is 12.8.